The normalized spacial score (nSPS) is 14.3. The molecule has 0 saturated heterocycles. The summed E-state index contributed by atoms with van der Waals surface area (Å²) in [4.78, 5) is 25.6. The van der Waals surface area contributed by atoms with E-state index in [1.807, 2.05) is 103 Å². The van der Waals surface area contributed by atoms with Gasteiger partial charge < -0.3 is 46.9 Å². The lowest BCUT2D eigenvalue weighted by Gasteiger charge is -2.30. The molecule has 0 aliphatic carbocycles. The van der Waals surface area contributed by atoms with Gasteiger partial charge in [0.2, 0.25) is 0 Å². The van der Waals surface area contributed by atoms with Crippen molar-refractivity contribution in [2.45, 2.75) is 148 Å². The number of hydrogen-bond acceptors (Lipinski definition) is 14. The van der Waals surface area contributed by atoms with Crippen molar-refractivity contribution >= 4 is 47.9 Å². The highest BCUT2D eigenvalue weighted by molar-refractivity contribution is 7.75. The molecule has 0 aromatic heterocycles. The molecule has 14 aromatic carbocycles. The Morgan fingerprint density at radius 1 is 0.320 bits per heavy atom. The molecule has 2 aliphatic rings. The van der Waals surface area contributed by atoms with E-state index in [1.54, 1.807) is 68.4 Å². The number of ether oxygens (including phenoxy) is 8. The van der Waals surface area contributed by atoms with Gasteiger partial charge in [-0.15, -0.1) is 0 Å². The summed E-state index contributed by atoms with van der Waals surface area (Å²) in [7, 11) is -7.72. The van der Waals surface area contributed by atoms with E-state index in [0.29, 0.717) is 46.4 Å². The fourth-order valence-electron chi connectivity index (χ4n) is 17.0. The molecule has 0 saturated carbocycles. The highest BCUT2D eigenvalue weighted by Crippen LogP contribution is 2.58. The second-order valence-corrected chi connectivity index (χ2v) is 39.5. The van der Waals surface area contributed by atoms with Crippen LogP contribution in [0, 0.1) is 69.2 Å². The fraction of sp³-hybridized carbons (Fsp3) is 0.196. The molecule has 16 rings (SSSR count). The predicted molar refractivity (Wildman–Crippen MR) is 514 cm³/mol. The first-order chi connectivity index (χ1) is 61.2. The number of rotatable bonds is 27. The highest BCUT2D eigenvalue weighted by Gasteiger charge is 2.43. The standard InChI is InChI=1S/C112H104O14P2/c1-67(2)109(113)121-88-52-53-99(103(62-88)127(115)101-33-25-21-29-93(101)91-27-19-23-31-97(91)125-127)118-66-82-41-49-86(50-42-82)84-45-37-80(38-46-84)64-112(17,18)124-106-71(7)57-90(58-72(106)8)120-108-74(10)60-96(76(12)78(108)14)95-59-73(9)107(77(13)75(95)11)119-89-55-69(5)105(70(6)56-89)123-111(15,16)63-79-35-43-83(44-36-79)85-47-39-81(40-48-85)65-117-87-51-54-100(122-110(114)68(3)4)104(61-87)128(116)102-34-26-22-30-94(102)92-28-20-24-32-98(92)126-128/h19-62H,1,3,63-66H2,2,4-18H3. The summed E-state index contributed by atoms with van der Waals surface area (Å²) in [6.07, 6.45) is 1.34. The molecule has 2 aliphatic heterocycles. The lowest BCUT2D eigenvalue weighted by atomic mass is 9.88. The number of benzene rings is 14. The Labute approximate surface area is 750 Å². The first kappa shape index (κ1) is 87.8. The van der Waals surface area contributed by atoms with E-state index in [4.69, 9.17) is 46.9 Å². The zero-order valence-corrected chi connectivity index (χ0v) is 77.0. The van der Waals surface area contributed by atoms with Crippen molar-refractivity contribution in [3.05, 3.63) is 369 Å². The maximum atomic E-state index is 15.4. The van der Waals surface area contributed by atoms with Gasteiger partial charge in [-0.25, -0.2) is 9.59 Å². The van der Waals surface area contributed by atoms with Crippen LogP contribution >= 0.6 is 14.7 Å². The van der Waals surface area contributed by atoms with Crippen molar-refractivity contribution in [1.29, 1.82) is 0 Å². The van der Waals surface area contributed by atoms with Gasteiger partial charge in [-0.1, -0.05) is 183 Å². The maximum absolute atomic E-state index is 15.4. The molecule has 2 heterocycles. The minimum atomic E-state index is -3.87. The average Bonchev–Trinajstić information content (AvgIpc) is 0.725. The maximum Gasteiger partial charge on any atom is 0.338 e. The van der Waals surface area contributed by atoms with Gasteiger partial charge in [0.25, 0.3) is 0 Å². The monoisotopic (exact) mass is 1730 g/mol. The van der Waals surface area contributed by atoms with Gasteiger partial charge in [-0.05, 0) is 330 Å². The number of para-hydroxylation sites is 2. The molecule has 0 spiro atoms. The van der Waals surface area contributed by atoms with Gasteiger partial charge >= 0.3 is 26.7 Å². The van der Waals surface area contributed by atoms with E-state index in [0.717, 1.165) is 168 Å². The molecule has 2 atom stereocenters. The molecular weight excluding hydrogens is 1630 g/mol. The van der Waals surface area contributed by atoms with Crippen LogP contribution in [0.1, 0.15) is 119 Å². The van der Waals surface area contributed by atoms with Crippen molar-refractivity contribution in [3.63, 3.8) is 0 Å². The van der Waals surface area contributed by atoms with E-state index in [9.17, 15) is 9.59 Å². The first-order valence-electron chi connectivity index (χ1n) is 43.0. The number of fused-ring (bicyclic) bond motifs is 6. The van der Waals surface area contributed by atoms with Gasteiger partial charge in [0.1, 0.15) is 93.4 Å². The zero-order chi connectivity index (χ0) is 90.4. The van der Waals surface area contributed by atoms with Crippen molar-refractivity contribution < 1.29 is 65.7 Å². The number of hydrogen-bond donors (Lipinski definition) is 0. The van der Waals surface area contributed by atoms with Crippen LogP contribution in [0.4, 0.5) is 0 Å². The van der Waals surface area contributed by atoms with E-state index in [1.165, 1.54) is 0 Å². The van der Waals surface area contributed by atoms with Gasteiger partial charge in [-0.2, -0.15) is 0 Å². The summed E-state index contributed by atoms with van der Waals surface area (Å²) in [6.45, 7) is 40.7. The number of carbonyl (C=O) groups excluding carboxylic acids is 2. The summed E-state index contributed by atoms with van der Waals surface area (Å²) in [5, 5.41) is 1.52. The Hall–Kier alpha value is -13.6. The lowest BCUT2D eigenvalue weighted by Crippen LogP contribution is -2.31. The topological polar surface area (TPSA) is 161 Å². The Balaban J connectivity index is 0.521. The molecule has 646 valence electrons. The second kappa shape index (κ2) is 35.7. The molecule has 2 unspecified atom stereocenters. The third-order valence-electron chi connectivity index (χ3n) is 23.8. The molecule has 16 heteroatoms. The molecule has 0 fully saturated rings. The molecule has 14 nitrogen and oxygen atoms in total. The molecule has 0 bridgehead atoms. The van der Waals surface area contributed by atoms with Crippen LogP contribution < -0.4 is 68.2 Å². The van der Waals surface area contributed by atoms with Crippen LogP contribution in [0.25, 0.3) is 55.6 Å². The highest BCUT2D eigenvalue weighted by atomic mass is 31.2. The fourth-order valence-corrected chi connectivity index (χ4v) is 21.8. The van der Waals surface area contributed by atoms with Gasteiger partial charge in [0, 0.05) is 35.1 Å². The Morgan fingerprint density at radius 2 is 0.656 bits per heavy atom. The zero-order valence-electron chi connectivity index (χ0n) is 75.3. The Bertz CT molecular complexity index is 6810. The summed E-state index contributed by atoms with van der Waals surface area (Å²) in [5.41, 5.74) is 23.6. The Kier molecular flexibility index (Phi) is 24.5. The molecule has 0 N–H and O–H groups in total. The minimum Gasteiger partial charge on any atom is -0.489 e. The van der Waals surface area contributed by atoms with E-state index in [-0.39, 0.29) is 46.5 Å². The number of aryl methyl sites for hydroxylation is 6. The van der Waals surface area contributed by atoms with Gasteiger partial charge in [-0.3, -0.25) is 9.13 Å². The molecule has 0 amide bonds. The van der Waals surface area contributed by atoms with Crippen molar-refractivity contribution in [1.82, 2.24) is 0 Å². The first-order valence-corrected chi connectivity index (χ1v) is 46.2. The van der Waals surface area contributed by atoms with Crippen molar-refractivity contribution in [2.75, 3.05) is 0 Å². The largest absolute Gasteiger partial charge is 0.489 e. The van der Waals surface area contributed by atoms with E-state index >= 15 is 9.13 Å². The van der Waals surface area contributed by atoms with Gasteiger partial charge in [0.15, 0.2) is 0 Å². The van der Waals surface area contributed by atoms with Crippen LogP contribution in [0.15, 0.2) is 291 Å². The number of carbonyl (C=O) groups is 2. The average molecular weight is 1740 g/mol. The second-order valence-electron chi connectivity index (χ2n) is 35.0. The quantitative estimate of drug-likeness (QED) is 0.0207. The third-order valence-corrected chi connectivity index (χ3v) is 28.7. The Morgan fingerprint density at radius 3 is 1.07 bits per heavy atom. The summed E-state index contributed by atoms with van der Waals surface area (Å²) in [6, 6.07) is 86.2. The van der Waals surface area contributed by atoms with E-state index < -0.39 is 37.9 Å². The molecule has 0 radical (unpaired) electrons. The summed E-state index contributed by atoms with van der Waals surface area (Å²) >= 11 is 0. The van der Waals surface area contributed by atoms with Crippen LogP contribution in [0.5, 0.6) is 69.0 Å². The molecule has 128 heavy (non-hydrogen) atoms. The SMILES string of the molecule is C=C(C)C(=O)Oc1ccc(OCc2ccc(-c3ccc(CC(C)(C)Oc4c(C)cc(Oc5c(C)cc(-c6cc(C)c(Oc7cc(C)c(OC(C)(C)Cc8ccc(-c9ccc(COc%10ccc(OC(=O)C(=C)C)c(P%11(=O)Oc%12ccccc%12-c%12ccccc%12%11)c%10)cc9)cc8)c(C)c7)c(C)c6C)c(C)c5C)cc4C)cc3)cc2)c(P2(=O)Oc3ccccc3-c3ccccc32)c1. The van der Waals surface area contributed by atoms with Crippen LogP contribution in [-0.4, -0.2) is 23.1 Å². The van der Waals surface area contributed by atoms with Crippen LogP contribution in [0.3, 0.4) is 0 Å². The number of esters is 2. The summed E-state index contributed by atoms with van der Waals surface area (Å²) < 4.78 is 95.6. The molecule has 14 aromatic rings. The van der Waals surface area contributed by atoms with Gasteiger partial charge in [0.05, 0.1) is 21.2 Å². The van der Waals surface area contributed by atoms with Crippen LogP contribution in [0.2, 0.25) is 0 Å². The molecular formula is C112H104O14P2. The van der Waals surface area contributed by atoms with Crippen molar-refractivity contribution in [2.24, 2.45) is 0 Å². The lowest BCUT2D eigenvalue weighted by molar-refractivity contribution is -0.130. The summed E-state index contributed by atoms with van der Waals surface area (Å²) in [5.74, 6) is 5.62. The third kappa shape index (κ3) is 18.2. The smallest absolute Gasteiger partial charge is 0.338 e. The minimum absolute atomic E-state index is 0.106. The van der Waals surface area contributed by atoms with Crippen LogP contribution in [-0.2, 0) is 44.8 Å². The predicted octanol–water partition coefficient (Wildman–Crippen LogP) is 26.9. The van der Waals surface area contributed by atoms with E-state index in [2.05, 4.69) is 219 Å². The van der Waals surface area contributed by atoms with Crippen molar-refractivity contribution in [3.8, 4) is 125 Å².